The molecular weight excluding hydrogens is 353 g/mol. The van der Waals surface area contributed by atoms with Crippen LogP contribution in [0.1, 0.15) is 75.7 Å². The number of nitrogens with zero attached hydrogens (tertiary/aromatic N) is 1. The molecule has 0 heterocycles. The Morgan fingerprint density at radius 2 is 1.75 bits per heavy atom. The summed E-state index contributed by atoms with van der Waals surface area (Å²) in [4.78, 5) is 12.6. The van der Waals surface area contributed by atoms with Crippen molar-refractivity contribution < 1.29 is 13.9 Å². The average molecular weight is 384 g/mol. The number of esters is 1. The molecule has 2 aliphatic carbocycles. The fourth-order valence-corrected chi connectivity index (χ4v) is 4.66. The van der Waals surface area contributed by atoms with Gasteiger partial charge in [-0.1, -0.05) is 18.2 Å². The highest BCUT2D eigenvalue weighted by atomic mass is 19.1. The summed E-state index contributed by atoms with van der Waals surface area (Å²) in [7, 11) is 0. The molecule has 28 heavy (non-hydrogen) atoms. The van der Waals surface area contributed by atoms with Crippen molar-refractivity contribution in [2.24, 2.45) is 11.8 Å². The Labute approximate surface area is 167 Å². The predicted molar refractivity (Wildman–Crippen MR) is 107 cm³/mol. The van der Waals surface area contributed by atoms with Crippen LogP contribution in [-0.4, -0.2) is 12.1 Å². The lowest BCUT2D eigenvalue weighted by Crippen LogP contribution is -2.29. The number of carbonyl (C=O) groups excluding carboxylic acids is 1. The number of hydrogen-bond acceptors (Lipinski definition) is 3. The number of carbonyl (C=O) groups is 1. The van der Waals surface area contributed by atoms with Gasteiger partial charge in [0.2, 0.25) is 0 Å². The molecule has 3 nitrogen and oxygen atoms in total. The van der Waals surface area contributed by atoms with Crippen LogP contribution in [0.3, 0.4) is 0 Å². The predicted octanol–water partition coefficient (Wildman–Crippen LogP) is 6.06. The summed E-state index contributed by atoms with van der Waals surface area (Å²) in [6, 6.07) is 8.83. The molecule has 0 aliphatic heterocycles. The Kier molecular flexibility index (Phi) is 7.65. The number of benzene rings is 1. The Morgan fingerprint density at radius 3 is 2.39 bits per heavy atom. The highest BCUT2D eigenvalue weighted by molar-refractivity contribution is 5.72. The van der Waals surface area contributed by atoms with Crippen LogP contribution in [0.2, 0.25) is 0 Å². The molecule has 1 aromatic carbocycles. The molecule has 3 rings (SSSR count). The van der Waals surface area contributed by atoms with Crippen molar-refractivity contribution >= 4 is 5.97 Å². The SMILES string of the molecule is N#C/C=C/CCC1CCC(C(=O)OC2CCC(c3ccc(F)cc3)CC2)CC1. The normalized spacial score (nSPS) is 28.0. The van der Waals surface area contributed by atoms with Gasteiger partial charge in [-0.15, -0.1) is 0 Å². The van der Waals surface area contributed by atoms with Crippen LogP contribution in [0.25, 0.3) is 0 Å². The van der Waals surface area contributed by atoms with Crippen LogP contribution >= 0.6 is 0 Å². The maximum absolute atomic E-state index is 13.1. The summed E-state index contributed by atoms with van der Waals surface area (Å²) in [6.07, 6.45) is 13.4. The average Bonchev–Trinajstić information content (AvgIpc) is 2.73. The number of rotatable bonds is 6. The van der Waals surface area contributed by atoms with E-state index < -0.39 is 0 Å². The highest BCUT2D eigenvalue weighted by Gasteiger charge is 2.30. The van der Waals surface area contributed by atoms with Crippen molar-refractivity contribution in [3.8, 4) is 6.07 Å². The van der Waals surface area contributed by atoms with Gasteiger partial charge in [0.25, 0.3) is 0 Å². The first-order valence-corrected chi connectivity index (χ1v) is 10.7. The zero-order valence-corrected chi connectivity index (χ0v) is 16.5. The van der Waals surface area contributed by atoms with Crippen molar-refractivity contribution in [3.05, 3.63) is 47.8 Å². The lowest BCUT2D eigenvalue weighted by molar-refractivity contribution is -0.157. The standard InChI is InChI=1S/C24H30FNO2/c25-22-13-9-19(10-14-22)20-11-15-23(16-12-20)28-24(27)21-7-5-18(6-8-21)4-2-1-3-17-26/h1,3,9-10,13-14,18,20-21,23H,2,4-8,11-12,15-16H2/b3-1+. The Bertz CT molecular complexity index is 690. The van der Waals surface area contributed by atoms with E-state index in [-0.39, 0.29) is 23.8 Å². The van der Waals surface area contributed by atoms with E-state index in [9.17, 15) is 9.18 Å². The molecule has 0 radical (unpaired) electrons. The van der Waals surface area contributed by atoms with Crippen LogP contribution in [0.15, 0.2) is 36.4 Å². The molecule has 1 aromatic rings. The van der Waals surface area contributed by atoms with Gasteiger partial charge in [0.15, 0.2) is 0 Å². The van der Waals surface area contributed by atoms with Gasteiger partial charge in [-0.2, -0.15) is 5.26 Å². The van der Waals surface area contributed by atoms with Crippen molar-refractivity contribution in [1.82, 2.24) is 0 Å². The van der Waals surface area contributed by atoms with Gasteiger partial charge in [0.1, 0.15) is 11.9 Å². The Morgan fingerprint density at radius 1 is 1.07 bits per heavy atom. The minimum Gasteiger partial charge on any atom is -0.462 e. The summed E-state index contributed by atoms with van der Waals surface area (Å²) in [6.45, 7) is 0. The molecule has 2 aliphatic rings. The molecule has 0 aromatic heterocycles. The quantitative estimate of drug-likeness (QED) is 0.443. The van der Waals surface area contributed by atoms with E-state index in [1.807, 2.05) is 24.3 Å². The molecule has 0 unspecified atom stereocenters. The molecule has 4 heteroatoms. The largest absolute Gasteiger partial charge is 0.462 e. The van der Waals surface area contributed by atoms with Crippen LogP contribution in [0.4, 0.5) is 4.39 Å². The second kappa shape index (κ2) is 10.4. The molecular formula is C24H30FNO2. The summed E-state index contributed by atoms with van der Waals surface area (Å²) >= 11 is 0. The fourth-order valence-electron chi connectivity index (χ4n) is 4.66. The molecule has 0 saturated heterocycles. The number of hydrogen-bond donors (Lipinski definition) is 0. The van der Waals surface area contributed by atoms with E-state index in [0.29, 0.717) is 11.8 Å². The van der Waals surface area contributed by atoms with Gasteiger partial charge in [-0.3, -0.25) is 4.79 Å². The summed E-state index contributed by atoms with van der Waals surface area (Å²) in [5.41, 5.74) is 1.19. The molecule has 0 spiro atoms. The van der Waals surface area contributed by atoms with Gasteiger partial charge in [-0.05, 0) is 93.7 Å². The van der Waals surface area contributed by atoms with Gasteiger partial charge in [-0.25, -0.2) is 4.39 Å². The second-order valence-corrected chi connectivity index (χ2v) is 8.29. The van der Waals surface area contributed by atoms with Crippen LogP contribution in [-0.2, 0) is 9.53 Å². The molecule has 0 N–H and O–H groups in total. The zero-order chi connectivity index (χ0) is 19.8. The number of ether oxygens (including phenoxy) is 1. The molecule has 0 bridgehead atoms. The van der Waals surface area contributed by atoms with Crippen LogP contribution < -0.4 is 0 Å². The first kappa shape index (κ1) is 20.6. The van der Waals surface area contributed by atoms with Crippen molar-refractivity contribution in [1.29, 1.82) is 5.26 Å². The lowest BCUT2D eigenvalue weighted by Gasteiger charge is -2.31. The van der Waals surface area contributed by atoms with E-state index in [0.717, 1.165) is 64.2 Å². The number of allylic oxidation sites excluding steroid dienone is 2. The minimum absolute atomic E-state index is 0.00643. The molecule has 2 fully saturated rings. The Balaban J connectivity index is 1.36. The zero-order valence-electron chi connectivity index (χ0n) is 16.5. The fraction of sp³-hybridized carbons (Fsp3) is 0.583. The van der Waals surface area contributed by atoms with Gasteiger partial charge < -0.3 is 4.74 Å². The lowest BCUT2D eigenvalue weighted by atomic mass is 9.80. The Hall–Kier alpha value is -2.15. The van der Waals surface area contributed by atoms with Crippen molar-refractivity contribution in [2.45, 2.75) is 76.2 Å². The van der Waals surface area contributed by atoms with Crippen molar-refractivity contribution in [3.63, 3.8) is 0 Å². The topological polar surface area (TPSA) is 50.1 Å². The highest BCUT2D eigenvalue weighted by Crippen LogP contribution is 2.36. The molecule has 0 amide bonds. The maximum Gasteiger partial charge on any atom is 0.309 e. The van der Waals surface area contributed by atoms with E-state index in [4.69, 9.17) is 10.00 Å². The smallest absolute Gasteiger partial charge is 0.309 e. The first-order chi connectivity index (χ1) is 13.7. The van der Waals surface area contributed by atoms with Gasteiger partial charge in [0.05, 0.1) is 12.0 Å². The van der Waals surface area contributed by atoms with Gasteiger partial charge >= 0.3 is 5.97 Å². The third-order valence-corrected chi connectivity index (χ3v) is 6.41. The van der Waals surface area contributed by atoms with E-state index >= 15 is 0 Å². The van der Waals surface area contributed by atoms with E-state index in [2.05, 4.69) is 0 Å². The summed E-state index contributed by atoms with van der Waals surface area (Å²) in [5, 5.41) is 8.51. The number of halogens is 1. The summed E-state index contributed by atoms with van der Waals surface area (Å²) < 4.78 is 18.9. The monoisotopic (exact) mass is 383 g/mol. The molecule has 0 atom stereocenters. The summed E-state index contributed by atoms with van der Waals surface area (Å²) in [5.74, 6) is 0.966. The minimum atomic E-state index is -0.195. The number of nitriles is 1. The van der Waals surface area contributed by atoms with E-state index in [1.54, 1.807) is 6.08 Å². The third kappa shape index (κ3) is 5.92. The van der Waals surface area contributed by atoms with Gasteiger partial charge in [0, 0.05) is 6.08 Å². The second-order valence-electron chi connectivity index (χ2n) is 8.29. The van der Waals surface area contributed by atoms with E-state index in [1.165, 1.54) is 17.7 Å². The van der Waals surface area contributed by atoms with Crippen LogP contribution in [0, 0.1) is 29.0 Å². The third-order valence-electron chi connectivity index (χ3n) is 6.41. The first-order valence-electron chi connectivity index (χ1n) is 10.7. The van der Waals surface area contributed by atoms with Crippen LogP contribution in [0.5, 0.6) is 0 Å². The van der Waals surface area contributed by atoms with Crippen molar-refractivity contribution in [2.75, 3.05) is 0 Å². The molecule has 150 valence electrons. The maximum atomic E-state index is 13.1. The molecule has 2 saturated carbocycles.